The summed E-state index contributed by atoms with van der Waals surface area (Å²) in [5.74, 6) is 0.711. The second-order valence-corrected chi connectivity index (χ2v) is 9.03. The smallest absolute Gasteiger partial charge is 0.263 e. The van der Waals surface area contributed by atoms with Crippen LogP contribution in [0.4, 0.5) is 5.69 Å². The zero-order valence-electron chi connectivity index (χ0n) is 14.8. The van der Waals surface area contributed by atoms with Crippen LogP contribution in [0.25, 0.3) is 0 Å². The fourth-order valence-corrected chi connectivity index (χ4v) is 4.48. The molecule has 1 unspecified atom stereocenters. The van der Waals surface area contributed by atoms with E-state index in [9.17, 15) is 13.2 Å². The average Bonchev–Trinajstić information content (AvgIpc) is 2.58. The highest BCUT2D eigenvalue weighted by Gasteiger charge is 2.35. The Morgan fingerprint density at radius 2 is 2.00 bits per heavy atom. The van der Waals surface area contributed by atoms with Gasteiger partial charge in [0.15, 0.2) is 6.10 Å². The summed E-state index contributed by atoms with van der Waals surface area (Å²) < 4.78 is 31.4. The number of anilines is 1. The van der Waals surface area contributed by atoms with Gasteiger partial charge in [0.05, 0.1) is 18.5 Å². The van der Waals surface area contributed by atoms with Gasteiger partial charge < -0.3 is 10.1 Å². The molecule has 0 saturated heterocycles. The summed E-state index contributed by atoms with van der Waals surface area (Å²) in [5.41, 5.74) is 1.44. The zero-order valence-corrected chi connectivity index (χ0v) is 15.6. The van der Waals surface area contributed by atoms with Crippen LogP contribution in [0.3, 0.4) is 0 Å². The standard InChI is InChI=1S/C18H26N2O4S/c1-13-8-9-15-16(10-13)24-17(12-20(15)25(2,22)23)18(21)19-11-14-6-4-3-5-7-14/h8-10,14,17H,3-7,11-12H2,1-2H3,(H,19,21). The van der Waals surface area contributed by atoms with Crippen LogP contribution in [0.15, 0.2) is 18.2 Å². The number of carbonyl (C=O) groups is 1. The lowest BCUT2D eigenvalue weighted by atomic mass is 9.89. The summed E-state index contributed by atoms with van der Waals surface area (Å²) in [7, 11) is -3.48. The molecule has 1 aromatic rings. The second-order valence-electron chi connectivity index (χ2n) is 7.12. The van der Waals surface area contributed by atoms with Crippen LogP contribution in [0, 0.1) is 12.8 Å². The molecular formula is C18H26N2O4S. The fraction of sp³-hybridized carbons (Fsp3) is 0.611. The van der Waals surface area contributed by atoms with E-state index in [4.69, 9.17) is 4.74 Å². The predicted octanol–water partition coefficient (Wildman–Crippen LogP) is 2.22. The topological polar surface area (TPSA) is 75.7 Å². The summed E-state index contributed by atoms with van der Waals surface area (Å²) in [6, 6.07) is 5.33. The highest BCUT2D eigenvalue weighted by Crippen LogP contribution is 2.35. The van der Waals surface area contributed by atoms with Crippen molar-refractivity contribution in [3.8, 4) is 5.75 Å². The number of carbonyl (C=O) groups excluding carboxylic acids is 1. The number of nitrogens with one attached hydrogen (secondary N) is 1. The van der Waals surface area contributed by atoms with Crippen LogP contribution in [-0.4, -0.2) is 39.8 Å². The van der Waals surface area contributed by atoms with Gasteiger partial charge in [0.25, 0.3) is 5.91 Å². The molecule has 1 aromatic carbocycles. The van der Waals surface area contributed by atoms with Gasteiger partial charge in [-0.05, 0) is 43.4 Å². The van der Waals surface area contributed by atoms with Crippen molar-refractivity contribution < 1.29 is 17.9 Å². The average molecular weight is 366 g/mol. The van der Waals surface area contributed by atoms with Crippen LogP contribution in [0.5, 0.6) is 5.75 Å². The molecule has 3 rings (SSSR count). The number of rotatable bonds is 4. The maximum absolute atomic E-state index is 12.6. The molecule has 0 spiro atoms. The molecule has 1 aliphatic heterocycles. The van der Waals surface area contributed by atoms with Crippen LogP contribution in [0.2, 0.25) is 0 Å². The number of amides is 1. The van der Waals surface area contributed by atoms with E-state index < -0.39 is 16.1 Å². The minimum atomic E-state index is -3.48. The number of sulfonamides is 1. The Labute approximate surface area is 149 Å². The summed E-state index contributed by atoms with van der Waals surface area (Å²) >= 11 is 0. The van der Waals surface area contributed by atoms with E-state index in [1.807, 2.05) is 13.0 Å². The van der Waals surface area contributed by atoms with E-state index in [0.29, 0.717) is 23.9 Å². The normalized spacial score (nSPS) is 21.4. The summed E-state index contributed by atoms with van der Waals surface area (Å²) in [6.07, 6.45) is 6.32. The molecule has 2 aliphatic rings. The molecule has 0 aromatic heterocycles. The second kappa shape index (κ2) is 7.23. The van der Waals surface area contributed by atoms with Gasteiger partial charge in [-0.2, -0.15) is 0 Å². The Morgan fingerprint density at radius 1 is 1.28 bits per heavy atom. The Morgan fingerprint density at radius 3 is 2.68 bits per heavy atom. The fourth-order valence-electron chi connectivity index (χ4n) is 3.56. The van der Waals surface area contributed by atoms with Gasteiger partial charge in [-0.25, -0.2) is 8.42 Å². The number of nitrogens with zero attached hydrogens (tertiary/aromatic N) is 1. The largest absolute Gasteiger partial charge is 0.476 e. The molecule has 1 heterocycles. The van der Waals surface area contributed by atoms with Crippen molar-refractivity contribution in [3.05, 3.63) is 23.8 Å². The van der Waals surface area contributed by atoms with E-state index in [1.54, 1.807) is 12.1 Å². The minimum Gasteiger partial charge on any atom is -0.476 e. The summed E-state index contributed by atoms with van der Waals surface area (Å²) in [4.78, 5) is 12.6. The molecule has 0 radical (unpaired) electrons. The van der Waals surface area contributed by atoms with Crippen molar-refractivity contribution in [2.75, 3.05) is 23.7 Å². The lowest BCUT2D eigenvalue weighted by molar-refractivity contribution is -0.128. The van der Waals surface area contributed by atoms with Gasteiger partial charge in [-0.15, -0.1) is 0 Å². The quantitative estimate of drug-likeness (QED) is 0.886. The van der Waals surface area contributed by atoms with Crippen LogP contribution >= 0.6 is 0 Å². The first-order valence-electron chi connectivity index (χ1n) is 8.87. The van der Waals surface area contributed by atoms with E-state index in [-0.39, 0.29) is 12.5 Å². The molecule has 25 heavy (non-hydrogen) atoms. The molecular weight excluding hydrogens is 340 g/mol. The summed E-state index contributed by atoms with van der Waals surface area (Å²) in [6.45, 7) is 2.55. The number of ether oxygens (including phenoxy) is 1. The van der Waals surface area contributed by atoms with Crippen LogP contribution < -0.4 is 14.4 Å². The molecule has 1 fully saturated rings. The predicted molar refractivity (Wildman–Crippen MR) is 97.4 cm³/mol. The van der Waals surface area contributed by atoms with Crippen molar-refractivity contribution in [2.24, 2.45) is 5.92 Å². The zero-order chi connectivity index (χ0) is 18.0. The highest BCUT2D eigenvalue weighted by molar-refractivity contribution is 7.92. The first kappa shape index (κ1) is 18.0. The van der Waals surface area contributed by atoms with Crippen LogP contribution in [0.1, 0.15) is 37.7 Å². The molecule has 1 saturated carbocycles. The molecule has 1 aliphatic carbocycles. The molecule has 1 N–H and O–H groups in total. The molecule has 1 amide bonds. The van der Waals surface area contributed by atoms with Gasteiger partial charge >= 0.3 is 0 Å². The Hall–Kier alpha value is -1.76. The highest BCUT2D eigenvalue weighted by atomic mass is 32.2. The van der Waals surface area contributed by atoms with Crippen molar-refractivity contribution >= 4 is 21.6 Å². The van der Waals surface area contributed by atoms with Gasteiger partial charge in [-0.3, -0.25) is 9.10 Å². The monoisotopic (exact) mass is 366 g/mol. The van der Waals surface area contributed by atoms with Crippen molar-refractivity contribution in [2.45, 2.75) is 45.1 Å². The Bertz CT molecular complexity index is 741. The van der Waals surface area contributed by atoms with Crippen LogP contribution in [-0.2, 0) is 14.8 Å². The number of aryl methyl sites for hydroxylation is 1. The first-order chi connectivity index (χ1) is 11.8. The number of hydrogen-bond acceptors (Lipinski definition) is 4. The van der Waals surface area contributed by atoms with Gasteiger partial charge in [-0.1, -0.05) is 25.3 Å². The van der Waals surface area contributed by atoms with Crippen molar-refractivity contribution in [3.63, 3.8) is 0 Å². The maximum Gasteiger partial charge on any atom is 0.263 e. The van der Waals surface area contributed by atoms with Gasteiger partial charge in [0.1, 0.15) is 5.75 Å². The third-order valence-electron chi connectivity index (χ3n) is 4.97. The van der Waals surface area contributed by atoms with Gasteiger partial charge in [0, 0.05) is 6.54 Å². The minimum absolute atomic E-state index is 0.00535. The van der Waals surface area contributed by atoms with Crippen molar-refractivity contribution in [1.29, 1.82) is 0 Å². The van der Waals surface area contributed by atoms with Crippen molar-refractivity contribution in [1.82, 2.24) is 5.32 Å². The lowest BCUT2D eigenvalue weighted by Crippen LogP contribution is -2.51. The van der Waals surface area contributed by atoms with E-state index >= 15 is 0 Å². The van der Waals surface area contributed by atoms with E-state index in [1.165, 1.54) is 23.6 Å². The molecule has 0 bridgehead atoms. The molecule has 1 atom stereocenters. The molecule has 7 heteroatoms. The van der Waals surface area contributed by atoms with E-state index in [2.05, 4.69) is 5.32 Å². The van der Waals surface area contributed by atoms with E-state index in [0.717, 1.165) is 24.7 Å². The Kier molecular flexibility index (Phi) is 5.22. The third kappa shape index (κ3) is 4.26. The SMILES string of the molecule is Cc1ccc2c(c1)OC(C(=O)NCC1CCCCC1)CN2S(C)(=O)=O. The number of fused-ring (bicyclic) bond motifs is 1. The third-order valence-corrected chi connectivity index (χ3v) is 6.11. The maximum atomic E-state index is 12.6. The Balaban J connectivity index is 1.73. The molecule has 138 valence electrons. The van der Waals surface area contributed by atoms with Gasteiger partial charge in [0.2, 0.25) is 10.0 Å². The number of benzene rings is 1. The lowest BCUT2D eigenvalue weighted by Gasteiger charge is -2.34. The molecule has 6 nitrogen and oxygen atoms in total. The summed E-state index contributed by atoms with van der Waals surface area (Å²) in [5, 5.41) is 2.95. The first-order valence-corrected chi connectivity index (χ1v) is 10.7. The number of hydrogen-bond donors (Lipinski definition) is 1.